The van der Waals surface area contributed by atoms with Crippen molar-refractivity contribution in [2.45, 2.75) is 26.7 Å². The third-order valence-corrected chi connectivity index (χ3v) is 5.91. The van der Waals surface area contributed by atoms with Gasteiger partial charge in [-0.05, 0) is 30.7 Å². The van der Waals surface area contributed by atoms with E-state index in [1.54, 1.807) is 12.1 Å². The van der Waals surface area contributed by atoms with Crippen LogP contribution in [-0.4, -0.2) is 16.7 Å². The molecule has 0 aromatic heterocycles. The summed E-state index contributed by atoms with van der Waals surface area (Å²) in [7, 11) is 0. The Morgan fingerprint density at radius 1 is 0.759 bits per heavy atom. The molecule has 3 rings (SSSR count). The summed E-state index contributed by atoms with van der Waals surface area (Å²) in [5.74, 6) is -0.572. The van der Waals surface area contributed by atoms with Crippen molar-refractivity contribution in [2.75, 3.05) is 5.75 Å². The first-order valence-electron chi connectivity index (χ1n) is 9.90. The monoisotopic (exact) mass is 402 g/mol. The Morgan fingerprint density at radius 2 is 1.24 bits per heavy atom. The average Bonchev–Trinajstić information content (AvgIpc) is 2.74. The largest absolute Gasteiger partial charge is 0.293 e. The van der Waals surface area contributed by atoms with Crippen LogP contribution in [0.15, 0.2) is 78.9 Å². The zero-order valence-electron chi connectivity index (χ0n) is 17.1. The molecule has 0 aliphatic heterocycles. The molecule has 1 unspecified atom stereocenters. The number of carbonyl (C=O) groups is 2. The molecule has 0 aliphatic rings. The van der Waals surface area contributed by atoms with Crippen molar-refractivity contribution in [3.05, 3.63) is 107 Å². The Labute approximate surface area is 177 Å². The van der Waals surface area contributed by atoms with Gasteiger partial charge in [-0.2, -0.15) is 0 Å². The van der Waals surface area contributed by atoms with Gasteiger partial charge in [0.25, 0.3) is 0 Å². The minimum Gasteiger partial charge on any atom is -0.293 e. The fraction of sp³-hybridized carbons (Fsp3) is 0.231. The third kappa shape index (κ3) is 5.04. The molecule has 0 N–H and O–H groups in total. The summed E-state index contributed by atoms with van der Waals surface area (Å²) < 4.78 is 0. The molecular weight excluding hydrogens is 376 g/mol. The lowest BCUT2D eigenvalue weighted by Gasteiger charge is -2.26. The maximum atomic E-state index is 13.5. The van der Waals surface area contributed by atoms with Crippen molar-refractivity contribution in [1.29, 1.82) is 0 Å². The zero-order valence-corrected chi connectivity index (χ0v) is 17.9. The summed E-state index contributed by atoms with van der Waals surface area (Å²) in [6.45, 7) is 6.02. The Bertz CT molecular complexity index is 914. The van der Waals surface area contributed by atoms with Crippen molar-refractivity contribution in [3.8, 4) is 0 Å². The van der Waals surface area contributed by atoms with Crippen molar-refractivity contribution < 1.29 is 9.59 Å². The van der Waals surface area contributed by atoms with E-state index in [1.165, 1.54) is 11.8 Å². The summed E-state index contributed by atoms with van der Waals surface area (Å²) in [4.78, 5) is 26.8. The van der Waals surface area contributed by atoms with Crippen LogP contribution < -0.4 is 0 Å². The van der Waals surface area contributed by atoms with Crippen molar-refractivity contribution >= 4 is 22.7 Å². The second kappa shape index (κ2) is 9.71. The van der Waals surface area contributed by atoms with Gasteiger partial charge in [0.2, 0.25) is 5.12 Å². The van der Waals surface area contributed by atoms with E-state index in [1.807, 2.05) is 87.5 Å². The Morgan fingerprint density at radius 3 is 1.69 bits per heavy atom. The van der Waals surface area contributed by atoms with Crippen LogP contribution in [0.2, 0.25) is 0 Å². The van der Waals surface area contributed by atoms with Crippen LogP contribution in [0.4, 0.5) is 0 Å². The average molecular weight is 403 g/mol. The molecule has 3 heteroatoms. The lowest BCUT2D eigenvalue weighted by Crippen LogP contribution is -2.30. The number of Topliss-reactive ketones (excluding diaryl/α,β-unsaturated/α-hetero) is 1. The van der Waals surface area contributed by atoms with Crippen molar-refractivity contribution in [3.63, 3.8) is 0 Å². The first-order chi connectivity index (χ1) is 14.0. The number of aryl methyl sites for hydroxylation is 2. The lowest BCUT2D eigenvalue weighted by atomic mass is 9.77. The fourth-order valence-electron chi connectivity index (χ4n) is 3.53. The van der Waals surface area contributed by atoms with E-state index in [0.717, 1.165) is 22.3 Å². The number of ketones is 1. The molecule has 0 spiro atoms. The first-order valence-corrected chi connectivity index (χ1v) is 10.9. The van der Waals surface area contributed by atoms with Crippen molar-refractivity contribution in [1.82, 2.24) is 0 Å². The minimum absolute atomic E-state index is 0.0764. The Hall–Kier alpha value is -2.65. The van der Waals surface area contributed by atoms with E-state index in [9.17, 15) is 9.59 Å². The molecule has 0 fully saturated rings. The number of hydrogen-bond acceptors (Lipinski definition) is 3. The molecule has 2 nitrogen and oxygen atoms in total. The van der Waals surface area contributed by atoms with E-state index >= 15 is 0 Å². The predicted molar refractivity (Wildman–Crippen MR) is 122 cm³/mol. The van der Waals surface area contributed by atoms with Crippen LogP contribution in [0, 0.1) is 19.8 Å². The Kier molecular flexibility index (Phi) is 7.05. The minimum atomic E-state index is -0.771. The summed E-state index contributed by atoms with van der Waals surface area (Å²) in [5, 5.41) is -0.0764. The van der Waals surface area contributed by atoms with Crippen LogP contribution in [0.1, 0.15) is 45.5 Å². The fourth-order valence-corrected chi connectivity index (χ4v) is 4.24. The van der Waals surface area contributed by atoms with Gasteiger partial charge in [-0.15, -0.1) is 0 Å². The van der Waals surface area contributed by atoms with E-state index in [2.05, 4.69) is 0 Å². The molecule has 148 valence electrons. The molecule has 0 aliphatic carbocycles. The topological polar surface area (TPSA) is 34.1 Å². The molecule has 3 aromatic carbocycles. The molecule has 0 saturated carbocycles. The van der Waals surface area contributed by atoms with Crippen molar-refractivity contribution in [2.24, 2.45) is 5.92 Å². The van der Waals surface area contributed by atoms with Gasteiger partial charge in [0.15, 0.2) is 5.78 Å². The van der Waals surface area contributed by atoms with Gasteiger partial charge in [-0.1, -0.05) is 109 Å². The maximum absolute atomic E-state index is 13.5. The van der Waals surface area contributed by atoms with Crippen LogP contribution in [0.5, 0.6) is 0 Å². The van der Waals surface area contributed by atoms with Crippen LogP contribution in [0.3, 0.4) is 0 Å². The molecule has 0 amide bonds. The van der Waals surface area contributed by atoms with E-state index in [-0.39, 0.29) is 16.8 Å². The lowest BCUT2D eigenvalue weighted by molar-refractivity contribution is -0.113. The number of hydrogen-bond donors (Lipinski definition) is 0. The van der Waals surface area contributed by atoms with Crippen LogP contribution >= 0.6 is 11.8 Å². The molecule has 3 aromatic rings. The molecule has 0 heterocycles. The first kappa shape index (κ1) is 21.1. The van der Waals surface area contributed by atoms with Gasteiger partial charge in [0.05, 0.1) is 0 Å². The van der Waals surface area contributed by atoms with Crippen LogP contribution in [-0.2, 0) is 4.79 Å². The van der Waals surface area contributed by atoms with E-state index in [0.29, 0.717) is 11.3 Å². The predicted octanol–water partition coefficient (Wildman–Crippen LogP) is 6.21. The van der Waals surface area contributed by atoms with E-state index < -0.39 is 5.92 Å². The second-order valence-corrected chi connectivity index (χ2v) is 8.53. The molecule has 0 radical (unpaired) electrons. The molecule has 1 atom stereocenters. The highest BCUT2D eigenvalue weighted by atomic mass is 32.2. The standard InChI is InChI=1S/C26H26O2S/c1-4-29-26(28)24(25(27)22-8-6-5-7-9-22)23(20-14-10-18(2)11-15-20)21-16-12-19(3)13-17-21/h5-17,23-24H,4H2,1-3H3. The quantitative estimate of drug-likeness (QED) is 0.348. The highest BCUT2D eigenvalue weighted by Gasteiger charge is 2.37. The summed E-state index contributed by atoms with van der Waals surface area (Å²) in [6, 6.07) is 25.5. The van der Waals surface area contributed by atoms with Gasteiger partial charge in [-0.3, -0.25) is 9.59 Å². The summed E-state index contributed by atoms with van der Waals surface area (Å²) in [5.41, 5.74) is 4.84. The highest BCUT2D eigenvalue weighted by molar-refractivity contribution is 8.13. The van der Waals surface area contributed by atoms with Gasteiger partial charge >= 0.3 is 0 Å². The second-order valence-electron chi connectivity index (χ2n) is 7.26. The summed E-state index contributed by atoms with van der Waals surface area (Å²) in [6.07, 6.45) is 0. The van der Waals surface area contributed by atoms with E-state index in [4.69, 9.17) is 0 Å². The highest BCUT2D eigenvalue weighted by Crippen LogP contribution is 2.37. The summed E-state index contributed by atoms with van der Waals surface area (Å²) >= 11 is 1.23. The van der Waals surface area contributed by atoms with Gasteiger partial charge < -0.3 is 0 Å². The SMILES string of the molecule is CCSC(=O)C(C(=O)c1ccccc1)C(c1ccc(C)cc1)c1ccc(C)cc1. The number of benzene rings is 3. The Balaban J connectivity index is 2.15. The smallest absolute Gasteiger partial charge is 0.200 e. The van der Waals surface area contributed by atoms with Gasteiger partial charge in [0.1, 0.15) is 5.92 Å². The normalized spacial score (nSPS) is 12.0. The third-order valence-electron chi connectivity index (χ3n) is 5.09. The van der Waals surface area contributed by atoms with Gasteiger partial charge in [-0.25, -0.2) is 0 Å². The number of thioether (sulfide) groups is 1. The van der Waals surface area contributed by atoms with Crippen LogP contribution in [0.25, 0.3) is 0 Å². The molecule has 0 saturated heterocycles. The number of carbonyl (C=O) groups excluding carboxylic acids is 2. The maximum Gasteiger partial charge on any atom is 0.200 e. The molecule has 29 heavy (non-hydrogen) atoms. The van der Waals surface area contributed by atoms with Gasteiger partial charge in [0, 0.05) is 11.5 Å². The molecule has 0 bridgehead atoms. The zero-order chi connectivity index (χ0) is 20.8. The number of rotatable bonds is 7. The molecular formula is C26H26O2S.